The molecule has 0 bridgehead atoms. The maximum Gasteiger partial charge on any atom is 0.0825 e. The van der Waals surface area contributed by atoms with E-state index in [9.17, 15) is 0 Å². The monoisotopic (exact) mass is 308 g/mol. The Labute approximate surface area is 140 Å². The van der Waals surface area contributed by atoms with Crippen LogP contribution < -0.4 is 0 Å². The van der Waals surface area contributed by atoms with E-state index in [0.717, 1.165) is 18.9 Å². The maximum atomic E-state index is 6.13. The Kier molecular flexibility index (Phi) is 5.51. The normalized spacial score (nSPS) is 21.3. The second kappa shape index (κ2) is 7.79. The summed E-state index contributed by atoms with van der Waals surface area (Å²) in [5.74, 6) is 0.776. The zero-order valence-corrected chi connectivity index (χ0v) is 14.4. The summed E-state index contributed by atoms with van der Waals surface area (Å²) < 4.78 is 6.13. The Balaban J connectivity index is 1.61. The Hall–Kier alpha value is -1.60. The van der Waals surface area contributed by atoms with Crippen LogP contribution in [0.5, 0.6) is 0 Å². The molecule has 1 aliphatic rings. The molecule has 1 heterocycles. The molecule has 1 saturated heterocycles. The summed E-state index contributed by atoms with van der Waals surface area (Å²) in [5, 5.41) is 0. The van der Waals surface area contributed by atoms with Gasteiger partial charge in [0.1, 0.15) is 0 Å². The van der Waals surface area contributed by atoms with Crippen molar-refractivity contribution in [3.05, 3.63) is 59.7 Å². The third-order valence-corrected chi connectivity index (χ3v) is 5.00. The molecule has 122 valence electrons. The van der Waals surface area contributed by atoms with Gasteiger partial charge in [-0.15, -0.1) is 0 Å². The number of benzene rings is 2. The van der Waals surface area contributed by atoms with Crippen LogP contribution in [0.15, 0.2) is 48.5 Å². The molecule has 2 atom stereocenters. The summed E-state index contributed by atoms with van der Waals surface area (Å²) in [6.45, 7) is 5.33. The standard InChI is InChI=1S/C22H28O/c1-3-4-5-18-8-15-22(23-16-18)21-13-11-20(12-14-21)19-9-6-17(2)7-10-19/h6-7,9-14,18,22H,3-5,8,15-16H2,1-2H3. The molecular formula is C22H28O. The van der Waals surface area contributed by atoms with Crippen molar-refractivity contribution >= 4 is 0 Å². The first kappa shape index (κ1) is 16.3. The highest BCUT2D eigenvalue weighted by atomic mass is 16.5. The van der Waals surface area contributed by atoms with Gasteiger partial charge in [0.2, 0.25) is 0 Å². The fourth-order valence-corrected chi connectivity index (χ4v) is 3.43. The first-order valence-electron chi connectivity index (χ1n) is 9.05. The van der Waals surface area contributed by atoms with Crippen molar-refractivity contribution in [1.29, 1.82) is 0 Å². The van der Waals surface area contributed by atoms with Crippen molar-refractivity contribution in [2.75, 3.05) is 6.61 Å². The first-order chi connectivity index (χ1) is 11.3. The molecule has 0 saturated carbocycles. The van der Waals surface area contributed by atoms with Gasteiger partial charge < -0.3 is 4.74 Å². The van der Waals surface area contributed by atoms with Crippen molar-refractivity contribution in [3.63, 3.8) is 0 Å². The largest absolute Gasteiger partial charge is 0.373 e. The quantitative estimate of drug-likeness (QED) is 0.628. The van der Waals surface area contributed by atoms with Gasteiger partial charge in [-0.25, -0.2) is 0 Å². The van der Waals surface area contributed by atoms with Crippen molar-refractivity contribution in [1.82, 2.24) is 0 Å². The topological polar surface area (TPSA) is 9.23 Å². The number of rotatable bonds is 5. The molecule has 2 aromatic rings. The predicted molar refractivity (Wildman–Crippen MR) is 97.6 cm³/mol. The summed E-state index contributed by atoms with van der Waals surface area (Å²) in [7, 11) is 0. The van der Waals surface area contributed by atoms with Gasteiger partial charge in [-0.3, -0.25) is 0 Å². The smallest absolute Gasteiger partial charge is 0.0825 e. The van der Waals surface area contributed by atoms with Crippen molar-refractivity contribution in [3.8, 4) is 11.1 Å². The number of hydrogen-bond donors (Lipinski definition) is 0. The van der Waals surface area contributed by atoms with Crippen molar-refractivity contribution in [2.45, 2.75) is 52.1 Å². The van der Waals surface area contributed by atoms with E-state index < -0.39 is 0 Å². The highest BCUT2D eigenvalue weighted by Crippen LogP contribution is 2.33. The van der Waals surface area contributed by atoms with E-state index in [2.05, 4.69) is 62.4 Å². The Morgan fingerprint density at radius 3 is 2.13 bits per heavy atom. The van der Waals surface area contributed by atoms with Gasteiger partial charge >= 0.3 is 0 Å². The molecular weight excluding hydrogens is 280 g/mol. The van der Waals surface area contributed by atoms with Gasteiger partial charge in [-0.2, -0.15) is 0 Å². The third kappa shape index (κ3) is 4.23. The van der Waals surface area contributed by atoms with Crippen LogP contribution in [0.3, 0.4) is 0 Å². The molecule has 1 aliphatic heterocycles. The van der Waals surface area contributed by atoms with Gasteiger partial charge in [0.05, 0.1) is 12.7 Å². The lowest BCUT2D eigenvalue weighted by Gasteiger charge is -2.29. The zero-order chi connectivity index (χ0) is 16.1. The molecule has 0 amide bonds. The lowest BCUT2D eigenvalue weighted by molar-refractivity contribution is -0.0197. The van der Waals surface area contributed by atoms with Crippen LogP contribution in [0.25, 0.3) is 11.1 Å². The van der Waals surface area contributed by atoms with Crippen LogP contribution in [0.1, 0.15) is 56.3 Å². The van der Waals surface area contributed by atoms with E-state index in [-0.39, 0.29) is 0 Å². The third-order valence-electron chi connectivity index (χ3n) is 5.00. The average molecular weight is 308 g/mol. The summed E-state index contributed by atoms with van der Waals surface area (Å²) in [5.41, 5.74) is 5.20. The average Bonchev–Trinajstić information content (AvgIpc) is 2.61. The molecule has 23 heavy (non-hydrogen) atoms. The minimum absolute atomic E-state index is 0.292. The van der Waals surface area contributed by atoms with Crippen molar-refractivity contribution < 1.29 is 4.74 Å². The van der Waals surface area contributed by atoms with Gasteiger partial charge in [-0.1, -0.05) is 73.9 Å². The summed E-state index contributed by atoms with van der Waals surface area (Å²) >= 11 is 0. The van der Waals surface area contributed by atoms with Gasteiger partial charge in [-0.05, 0) is 48.8 Å². The SMILES string of the molecule is CCCCC1CCC(c2ccc(-c3ccc(C)cc3)cc2)OC1. The first-order valence-corrected chi connectivity index (χ1v) is 9.05. The molecule has 0 aromatic heterocycles. The minimum atomic E-state index is 0.292. The molecule has 2 unspecified atom stereocenters. The second-order valence-electron chi connectivity index (χ2n) is 6.90. The summed E-state index contributed by atoms with van der Waals surface area (Å²) in [6, 6.07) is 17.7. The number of unbranched alkanes of at least 4 members (excludes halogenated alkanes) is 1. The van der Waals surface area contributed by atoms with E-state index in [0.29, 0.717) is 6.10 Å². The number of ether oxygens (including phenoxy) is 1. The Bertz CT molecular complexity index is 589. The van der Waals surface area contributed by atoms with Crippen LogP contribution in [0.4, 0.5) is 0 Å². The second-order valence-corrected chi connectivity index (χ2v) is 6.90. The van der Waals surface area contributed by atoms with Crippen LogP contribution >= 0.6 is 0 Å². The highest BCUT2D eigenvalue weighted by molar-refractivity contribution is 5.64. The van der Waals surface area contributed by atoms with Gasteiger partial charge in [0.25, 0.3) is 0 Å². The molecule has 1 fully saturated rings. The lowest BCUT2D eigenvalue weighted by atomic mass is 9.91. The highest BCUT2D eigenvalue weighted by Gasteiger charge is 2.22. The van der Waals surface area contributed by atoms with Crippen LogP contribution in [-0.4, -0.2) is 6.61 Å². The van der Waals surface area contributed by atoms with E-state index >= 15 is 0 Å². The van der Waals surface area contributed by atoms with Gasteiger partial charge in [0.15, 0.2) is 0 Å². The molecule has 0 N–H and O–H groups in total. The van der Waals surface area contributed by atoms with Crippen LogP contribution in [0.2, 0.25) is 0 Å². The number of hydrogen-bond acceptors (Lipinski definition) is 1. The molecule has 0 radical (unpaired) electrons. The zero-order valence-electron chi connectivity index (χ0n) is 14.4. The summed E-state index contributed by atoms with van der Waals surface area (Å²) in [4.78, 5) is 0. The Morgan fingerprint density at radius 2 is 1.57 bits per heavy atom. The maximum absolute atomic E-state index is 6.13. The van der Waals surface area contributed by atoms with E-state index in [1.807, 2.05) is 0 Å². The summed E-state index contributed by atoms with van der Waals surface area (Å²) in [6.07, 6.45) is 6.72. The van der Waals surface area contributed by atoms with E-state index in [1.54, 1.807) is 0 Å². The molecule has 3 rings (SSSR count). The van der Waals surface area contributed by atoms with Crippen LogP contribution in [0, 0.1) is 12.8 Å². The molecule has 1 heteroatoms. The van der Waals surface area contributed by atoms with E-state index in [1.165, 1.54) is 47.9 Å². The molecule has 0 spiro atoms. The lowest BCUT2D eigenvalue weighted by Crippen LogP contribution is -2.20. The minimum Gasteiger partial charge on any atom is -0.373 e. The fraction of sp³-hybridized carbons (Fsp3) is 0.455. The molecule has 0 aliphatic carbocycles. The predicted octanol–water partition coefficient (Wildman–Crippen LogP) is 6.32. The Morgan fingerprint density at radius 1 is 0.913 bits per heavy atom. The van der Waals surface area contributed by atoms with E-state index in [4.69, 9.17) is 4.74 Å². The number of aryl methyl sites for hydroxylation is 1. The molecule has 2 aromatic carbocycles. The van der Waals surface area contributed by atoms with Crippen LogP contribution in [-0.2, 0) is 4.74 Å². The van der Waals surface area contributed by atoms with Gasteiger partial charge in [0, 0.05) is 0 Å². The fourth-order valence-electron chi connectivity index (χ4n) is 3.43. The molecule has 1 nitrogen and oxygen atoms in total. The van der Waals surface area contributed by atoms with Crippen molar-refractivity contribution in [2.24, 2.45) is 5.92 Å².